The minimum absolute atomic E-state index is 1.12. The Morgan fingerprint density at radius 2 is 0.500 bits per heavy atom. The largest absolute Gasteiger partial charge is 0.212 e. The van der Waals surface area contributed by atoms with E-state index in [2.05, 4.69) is 131 Å². The molecular weight excluding hydrogens is 388 g/mol. The van der Waals surface area contributed by atoms with Crippen LogP contribution in [0.5, 0.6) is 0 Å². The highest BCUT2D eigenvalue weighted by atomic mass is 15.0. The Hall–Kier alpha value is -4.30. The molecule has 4 aromatic carbocycles. The van der Waals surface area contributed by atoms with Crippen LogP contribution in [0.3, 0.4) is 0 Å². The lowest BCUT2D eigenvalue weighted by molar-refractivity contribution is 1.08. The summed E-state index contributed by atoms with van der Waals surface area (Å²) in [7, 11) is 0. The van der Waals surface area contributed by atoms with Gasteiger partial charge in [-0.25, -0.2) is 0 Å². The van der Waals surface area contributed by atoms with Crippen molar-refractivity contribution in [3.8, 4) is 0 Å². The minimum atomic E-state index is 1.12. The van der Waals surface area contributed by atoms with Gasteiger partial charge in [0.05, 0.1) is 0 Å². The Balaban J connectivity index is 1.66. The summed E-state index contributed by atoms with van der Waals surface area (Å²) in [6.45, 7) is 0. The van der Waals surface area contributed by atoms with Crippen LogP contribution < -0.4 is 9.15 Å². The second kappa shape index (κ2) is 9.23. The number of rotatable bonds is 4. The highest BCUT2D eigenvalue weighted by Gasteiger charge is 2.23. The summed E-state index contributed by atoms with van der Waals surface area (Å²) in [5, 5.41) is 0. The van der Waals surface area contributed by atoms with Crippen molar-refractivity contribution in [2.45, 2.75) is 0 Å². The molecule has 5 rings (SSSR count). The Morgan fingerprint density at radius 3 is 0.719 bits per heavy atom. The van der Waals surface area contributed by atoms with E-state index >= 15 is 0 Å². The SMILES string of the molecule is C1=CC(=[N+](c2ccccc2)c2ccccc2)C=CC1=[N+](c1ccccc1)c1ccccc1. The van der Waals surface area contributed by atoms with Gasteiger partial charge in [0, 0.05) is 72.8 Å². The first kappa shape index (κ1) is 19.7. The third-order valence-corrected chi connectivity index (χ3v) is 5.42. The van der Waals surface area contributed by atoms with Crippen molar-refractivity contribution in [1.82, 2.24) is 9.15 Å². The standard InChI is InChI=1S/C30H24N2/c1-5-13-25(14-6-1)31(26-15-7-2-8-16-26)29-21-23-30(24-22-29)32(27-17-9-3-10-18-27)28-19-11-4-12-20-28/h1-24H/q+2. The first-order valence-corrected chi connectivity index (χ1v) is 10.8. The van der Waals surface area contributed by atoms with Crippen molar-refractivity contribution in [2.75, 3.05) is 0 Å². The summed E-state index contributed by atoms with van der Waals surface area (Å²) in [6, 6.07) is 41.9. The highest BCUT2D eigenvalue weighted by molar-refractivity contribution is 6.20. The van der Waals surface area contributed by atoms with Crippen molar-refractivity contribution < 1.29 is 0 Å². The summed E-state index contributed by atoms with van der Waals surface area (Å²) < 4.78 is 4.55. The smallest absolute Gasteiger partial charge is 0.154 e. The molecule has 1 aliphatic rings. The Labute approximate surface area is 189 Å². The van der Waals surface area contributed by atoms with Crippen LogP contribution in [0.1, 0.15) is 0 Å². The molecule has 0 spiro atoms. The molecule has 2 heteroatoms. The fraction of sp³-hybridized carbons (Fsp3) is 0. The van der Waals surface area contributed by atoms with Crippen LogP contribution in [0.4, 0.5) is 22.7 Å². The topological polar surface area (TPSA) is 6.02 Å². The maximum atomic E-state index is 2.28. The van der Waals surface area contributed by atoms with Crippen LogP contribution in [0, 0.1) is 0 Å². The first-order chi connectivity index (χ1) is 15.9. The number of hydrogen-bond acceptors (Lipinski definition) is 0. The number of nitrogens with zero attached hydrogens (tertiary/aromatic N) is 2. The van der Waals surface area contributed by atoms with Crippen LogP contribution >= 0.6 is 0 Å². The predicted molar refractivity (Wildman–Crippen MR) is 137 cm³/mol. The number of para-hydroxylation sites is 4. The molecule has 0 aromatic heterocycles. The molecule has 0 amide bonds. The molecule has 0 unspecified atom stereocenters. The molecule has 152 valence electrons. The van der Waals surface area contributed by atoms with Crippen molar-refractivity contribution in [3.63, 3.8) is 0 Å². The summed E-state index contributed by atoms with van der Waals surface area (Å²) in [5.74, 6) is 0. The Kier molecular flexibility index (Phi) is 5.67. The minimum Gasteiger partial charge on any atom is -0.154 e. The van der Waals surface area contributed by atoms with Crippen molar-refractivity contribution in [3.05, 3.63) is 146 Å². The number of benzene rings is 4. The van der Waals surface area contributed by atoms with E-state index in [4.69, 9.17) is 0 Å². The zero-order valence-electron chi connectivity index (χ0n) is 17.8. The van der Waals surface area contributed by atoms with Crippen molar-refractivity contribution in [1.29, 1.82) is 0 Å². The number of hydrogen-bond donors (Lipinski definition) is 0. The van der Waals surface area contributed by atoms with Gasteiger partial charge in [0.25, 0.3) is 0 Å². The average molecular weight is 413 g/mol. The molecule has 0 saturated heterocycles. The molecule has 0 N–H and O–H groups in total. The van der Waals surface area contributed by atoms with E-state index < -0.39 is 0 Å². The van der Waals surface area contributed by atoms with Gasteiger partial charge in [-0.1, -0.05) is 72.8 Å². The van der Waals surface area contributed by atoms with E-state index in [0.717, 1.165) is 34.2 Å². The summed E-state index contributed by atoms with van der Waals surface area (Å²) in [4.78, 5) is 0. The fourth-order valence-electron chi connectivity index (χ4n) is 3.95. The molecule has 0 atom stereocenters. The average Bonchev–Trinajstić information content (AvgIpc) is 2.88. The van der Waals surface area contributed by atoms with Crippen LogP contribution in [0.2, 0.25) is 0 Å². The van der Waals surface area contributed by atoms with Crippen LogP contribution in [0.25, 0.3) is 0 Å². The molecule has 1 aliphatic carbocycles. The molecule has 0 aliphatic heterocycles. The third kappa shape index (κ3) is 4.12. The second-order valence-electron chi connectivity index (χ2n) is 7.53. The highest BCUT2D eigenvalue weighted by Crippen LogP contribution is 2.24. The monoisotopic (exact) mass is 412 g/mol. The second-order valence-corrected chi connectivity index (χ2v) is 7.53. The summed E-state index contributed by atoms with van der Waals surface area (Å²) in [6.07, 6.45) is 8.75. The van der Waals surface area contributed by atoms with Crippen LogP contribution in [-0.4, -0.2) is 11.4 Å². The fourth-order valence-corrected chi connectivity index (χ4v) is 3.95. The van der Waals surface area contributed by atoms with E-state index in [1.165, 1.54) is 0 Å². The van der Waals surface area contributed by atoms with Gasteiger partial charge in [-0.2, -0.15) is 9.15 Å². The normalized spacial score (nSPS) is 12.6. The van der Waals surface area contributed by atoms with E-state index in [-0.39, 0.29) is 0 Å². The van der Waals surface area contributed by atoms with E-state index in [9.17, 15) is 0 Å². The van der Waals surface area contributed by atoms with Gasteiger partial charge in [-0.3, -0.25) is 0 Å². The zero-order valence-corrected chi connectivity index (χ0v) is 17.8. The zero-order chi connectivity index (χ0) is 21.6. The molecule has 0 saturated carbocycles. The van der Waals surface area contributed by atoms with E-state index in [1.54, 1.807) is 0 Å². The van der Waals surface area contributed by atoms with Crippen LogP contribution in [-0.2, 0) is 0 Å². The lowest BCUT2D eigenvalue weighted by atomic mass is 10.1. The quantitative estimate of drug-likeness (QED) is 0.250. The number of allylic oxidation sites excluding steroid dienone is 4. The van der Waals surface area contributed by atoms with Crippen molar-refractivity contribution in [2.24, 2.45) is 0 Å². The molecule has 0 bridgehead atoms. The third-order valence-electron chi connectivity index (χ3n) is 5.42. The maximum absolute atomic E-state index is 2.28. The predicted octanol–water partition coefficient (Wildman–Crippen LogP) is 7.06. The Bertz CT molecular complexity index is 1110. The molecule has 32 heavy (non-hydrogen) atoms. The van der Waals surface area contributed by atoms with Gasteiger partial charge in [0.15, 0.2) is 0 Å². The lowest BCUT2D eigenvalue weighted by Crippen LogP contribution is -2.20. The summed E-state index contributed by atoms with van der Waals surface area (Å²) >= 11 is 0. The van der Waals surface area contributed by atoms with Gasteiger partial charge >= 0.3 is 0 Å². The molecule has 0 fully saturated rings. The Morgan fingerprint density at radius 1 is 0.281 bits per heavy atom. The van der Waals surface area contributed by atoms with Gasteiger partial charge < -0.3 is 0 Å². The van der Waals surface area contributed by atoms with E-state index in [0.29, 0.717) is 0 Å². The van der Waals surface area contributed by atoms with Gasteiger partial charge in [-0.05, 0) is 0 Å². The first-order valence-electron chi connectivity index (χ1n) is 10.8. The van der Waals surface area contributed by atoms with Gasteiger partial charge in [-0.15, -0.1) is 0 Å². The molecule has 0 heterocycles. The summed E-state index contributed by atoms with van der Waals surface area (Å²) in [5.41, 5.74) is 6.77. The van der Waals surface area contributed by atoms with Crippen molar-refractivity contribution >= 4 is 34.2 Å². The maximum Gasteiger partial charge on any atom is 0.212 e. The molecule has 0 radical (unpaired) electrons. The molecular formula is C30H24N2+2. The lowest BCUT2D eigenvalue weighted by Gasteiger charge is -2.09. The van der Waals surface area contributed by atoms with E-state index in [1.807, 2.05) is 24.3 Å². The van der Waals surface area contributed by atoms with Gasteiger partial charge in [0.2, 0.25) is 34.2 Å². The molecule has 4 aromatic rings. The van der Waals surface area contributed by atoms with Crippen LogP contribution in [0.15, 0.2) is 146 Å². The van der Waals surface area contributed by atoms with Gasteiger partial charge in [0.1, 0.15) is 0 Å². The molecule has 2 nitrogen and oxygen atoms in total.